The van der Waals surface area contributed by atoms with Gasteiger partial charge in [0.25, 0.3) is 0 Å². The molecule has 6 nitrogen and oxygen atoms in total. The fourth-order valence-corrected chi connectivity index (χ4v) is 2.10. The molecule has 0 spiro atoms. The number of piperazine rings is 1. The van der Waals surface area contributed by atoms with Gasteiger partial charge < -0.3 is 15.1 Å². The van der Waals surface area contributed by atoms with Crippen LogP contribution >= 0.6 is 24.8 Å². The van der Waals surface area contributed by atoms with Gasteiger partial charge in [0.2, 0.25) is 5.91 Å². The van der Waals surface area contributed by atoms with E-state index < -0.39 is 0 Å². The van der Waals surface area contributed by atoms with Crippen LogP contribution in [0.25, 0.3) is 0 Å². The van der Waals surface area contributed by atoms with Gasteiger partial charge in [-0.05, 0) is 13.1 Å². The topological polar surface area (TPSA) is 64.3 Å². The predicted octanol–water partition coefficient (Wildman–Crippen LogP) is 0.507. The number of aromatic nitrogens is 2. The molecule has 2 heterocycles. The van der Waals surface area contributed by atoms with Crippen LogP contribution in [0.4, 0.5) is 0 Å². The van der Waals surface area contributed by atoms with Crippen LogP contribution in [0.1, 0.15) is 12.1 Å². The molecule has 1 saturated heterocycles. The summed E-state index contributed by atoms with van der Waals surface area (Å²) in [5, 5.41) is 10.1. The molecule has 0 radical (unpaired) electrons. The minimum absolute atomic E-state index is 0. The van der Waals surface area contributed by atoms with Crippen molar-refractivity contribution in [2.24, 2.45) is 0 Å². The minimum atomic E-state index is 0. The Morgan fingerprint density at radius 3 is 2.70 bits per heavy atom. The fourth-order valence-electron chi connectivity index (χ4n) is 2.10. The second kappa shape index (κ2) is 9.99. The Kier molecular flexibility index (Phi) is 9.58. The van der Waals surface area contributed by atoms with E-state index in [4.69, 9.17) is 0 Å². The predicted molar refractivity (Wildman–Crippen MR) is 83.5 cm³/mol. The van der Waals surface area contributed by atoms with Crippen LogP contribution < -0.4 is 5.32 Å². The van der Waals surface area contributed by atoms with E-state index in [1.807, 2.05) is 18.0 Å². The first kappa shape index (κ1) is 19.2. The van der Waals surface area contributed by atoms with Gasteiger partial charge in [0.15, 0.2) is 0 Å². The van der Waals surface area contributed by atoms with Gasteiger partial charge in [0, 0.05) is 57.6 Å². The van der Waals surface area contributed by atoms with Crippen LogP contribution in [-0.2, 0) is 11.3 Å². The van der Waals surface area contributed by atoms with Gasteiger partial charge in [-0.15, -0.1) is 24.8 Å². The summed E-state index contributed by atoms with van der Waals surface area (Å²) in [6, 6.07) is 1.95. The third-order valence-electron chi connectivity index (χ3n) is 3.18. The number of nitrogens with one attached hydrogen (secondary N) is 2. The first-order chi connectivity index (χ1) is 8.75. The van der Waals surface area contributed by atoms with Gasteiger partial charge >= 0.3 is 0 Å². The molecule has 1 fully saturated rings. The Morgan fingerprint density at radius 2 is 2.10 bits per heavy atom. The normalized spacial score (nSPS) is 14.6. The van der Waals surface area contributed by atoms with Crippen molar-refractivity contribution in [1.29, 1.82) is 0 Å². The van der Waals surface area contributed by atoms with Crippen molar-refractivity contribution in [3.8, 4) is 0 Å². The summed E-state index contributed by atoms with van der Waals surface area (Å²) in [5.74, 6) is 0.257. The average molecular weight is 324 g/mol. The molecule has 2 N–H and O–H groups in total. The van der Waals surface area contributed by atoms with Gasteiger partial charge in [-0.2, -0.15) is 5.10 Å². The Hall–Kier alpha value is -0.820. The molecule has 0 aliphatic carbocycles. The Labute approximate surface area is 132 Å². The molecule has 0 bridgehead atoms. The van der Waals surface area contributed by atoms with Crippen LogP contribution in [0.5, 0.6) is 0 Å². The van der Waals surface area contributed by atoms with E-state index in [9.17, 15) is 4.79 Å². The highest BCUT2D eigenvalue weighted by molar-refractivity contribution is 5.85. The molecule has 1 amide bonds. The summed E-state index contributed by atoms with van der Waals surface area (Å²) in [5.41, 5.74) is 1.08. The average Bonchev–Trinajstić information content (AvgIpc) is 2.90. The second-order valence-electron chi connectivity index (χ2n) is 4.70. The highest BCUT2D eigenvalue weighted by atomic mass is 35.5. The summed E-state index contributed by atoms with van der Waals surface area (Å²) in [7, 11) is 2.02. The summed E-state index contributed by atoms with van der Waals surface area (Å²) < 4.78 is 0. The molecular formula is C12H23Cl2N5O. The SMILES string of the molecule is CN(CCC(=O)N1CCNCC1)Cc1ccn[nH]1.Cl.Cl. The summed E-state index contributed by atoms with van der Waals surface area (Å²) in [6.07, 6.45) is 2.33. The van der Waals surface area contributed by atoms with Crippen molar-refractivity contribution in [2.45, 2.75) is 13.0 Å². The molecule has 1 aliphatic heterocycles. The molecule has 0 saturated carbocycles. The van der Waals surface area contributed by atoms with Crippen LogP contribution in [0, 0.1) is 0 Å². The Balaban J connectivity index is 0.00000180. The van der Waals surface area contributed by atoms with Gasteiger partial charge in [-0.1, -0.05) is 0 Å². The van der Waals surface area contributed by atoms with Crippen molar-refractivity contribution in [1.82, 2.24) is 25.3 Å². The Morgan fingerprint density at radius 1 is 1.40 bits per heavy atom. The zero-order chi connectivity index (χ0) is 12.8. The molecule has 0 unspecified atom stereocenters. The first-order valence-electron chi connectivity index (χ1n) is 6.41. The van der Waals surface area contributed by atoms with E-state index in [0.29, 0.717) is 6.42 Å². The maximum absolute atomic E-state index is 12.0. The monoisotopic (exact) mass is 323 g/mol. The molecular weight excluding hydrogens is 301 g/mol. The maximum Gasteiger partial charge on any atom is 0.223 e. The lowest BCUT2D eigenvalue weighted by Gasteiger charge is -2.28. The van der Waals surface area contributed by atoms with E-state index in [-0.39, 0.29) is 30.7 Å². The van der Waals surface area contributed by atoms with Crippen molar-refractivity contribution < 1.29 is 4.79 Å². The lowest BCUT2D eigenvalue weighted by atomic mass is 10.3. The van der Waals surface area contributed by atoms with Gasteiger partial charge in [-0.25, -0.2) is 0 Å². The van der Waals surface area contributed by atoms with E-state index >= 15 is 0 Å². The number of amides is 1. The number of carbonyl (C=O) groups is 1. The smallest absolute Gasteiger partial charge is 0.223 e. The molecule has 0 atom stereocenters. The van der Waals surface area contributed by atoms with Crippen molar-refractivity contribution in [3.05, 3.63) is 18.0 Å². The number of aromatic amines is 1. The van der Waals surface area contributed by atoms with Crippen LogP contribution in [-0.4, -0.2) is 65.7 Å². The highest BCUT2D eigenvalue weighted by Crippen LogP contribution is 2.01. The Bertz CT molecular complexity index is 368. The summed E-state index contributed by atoms with van der Waals surface area (Å²) in [4.78, 5) is 16.0. The lowest BCUT2D eigenvalue weighted by molar-refractivity contribution is -0.132. The van der Waals surface area contributed by atoms with Crippen LogP contribution in [0.15, 0.2) is 12.3 Å². The summed E-state index contributed by atoms with van der Waals surface area (Å²) >= 11 is 0. The fraction of sp³-hybridized carbons (Fsp3) is 0.667. The molecule has 20 heavy (non-hydrogen) atoms. The minimum Gasteiger partial charge on any atom is -0.340 e. The van der Waals surface area contributed by atoms with E-state index in [1.54, 1.807) is 6.20 Å². The van der Waals surface area contributed by atoms with Crippen molar-refractivity contribution in [3.63, 3.8) is 0 Å². The van der Waals surface area contributed by atoms with Crippen LogP contribution in [0.3, 0.4) is 0 Å². The van der Waals surface area contributed by atoms with E-state index in [0.717, 1.165) is 45.0 Å². The number of hydrogen-bond acceptors (Lipinski definition) is 4. The van der Waals surface area contributed by atoms with Gasteiger partial charge in [0.1, 0.15) is 0 Å². The van der Waals surface area contributed by atoms with Gasteiger partial charge in [-0.3, -0.25) is 9.89 Å². The third-order valence-corrected chi connectivity index (χ3v) is 3.18. The number of hydrogen-bond donors (Lipinski definition) is 2. The lowest BCUT2D eigenvalue weighted by Crippen LogP contribution is -2.47. The molecule has 2 rings (SSSR count). The zero-order valence-electron chi connectivity index (χ0n) is 11.7. The van der Waals surface area contributed by atoms with E-state index in [1.165, 1.54) is 0 Å². The number of nitrogens with zero attached hydrogens (tertiary/aromatic N) is 3. The highest BCUT2D eigenvalue weighted by Gasteiger charge is 2.16. The standard InChI is InChI=1S/C12H21N5O.2ClH/c1-16(10-11-2-4-14-15-11)7-3-12(18)17-8-5-13-6-9-17;;/h2,4,13H,3,5-10H2,1H3,(H,14,15);2*1H. The van der Waals surface area contributed by atoms with Crippen molar-refractivity contribution in [2.75, 3.05) is 39.8 Å². The molecule has 116 valence electrons. The molecule has 1 aromatic rings. The first-order valence-corrected chi connectivity index (χ1v) is 6.41. The third kappa shape index (κ3) is 6.09. The van der Waals surface area contributed by atoms with Crippen molar-refractivity contribution >= 4 is 30.7 Å². The van der Waals surface area contributed by atoms with Crippen LogP contribution in [0.2, 0.25) is 0 Å². The molecule has 1 aromatic heterocycles. The van der Waals surface area contributed by atoms with Gasteiger partial charge in [0.05, 0.1) is 0 Å². The largest absolute Gasteiger partial charge is 0.340 e. The maximum atomic E-state index is 12.0. The number of carbonyl (C=O) groups excluding carboxylic acids is 1. The van der Waals surface area contributed by atoms with E-state index in [2.05, 4.69) is 20.4 Å². The summed E-state index contributed by atoms with van der Waals surface area (Å²) in [6.45, 7) is 5.08. The number of H-pyrrole nitrogens is 1. The number of halogens is 2. The second-order valence-corrected chi connectivity index (χ2v) is 4.70. The molecule has 0 aromatic carbocycles. The quantitative estimate of drug-likeness (QED) is 0.828. The molecule has 1 aliphatic rings. The number of rotatable bonds is 5. The molecule has 8 heteroatoms. The zero-order valence-corrected chi connectivity index (χ0v) is 13.3.